The molecule has 1 nitrogen and oxygen atoms in total. The lowest BCUT2D eigenvalue weighted by Gasteiger charge is -1.67. The van der Waals surface area contributed by atoms with Gasteiger partial charge in [0.25, 0.3) is 0 Å². The third kappa shape index (κ3) is 0.0475. The number of rotatable bonds is 0. The van der Waals surface area contributed by atoms with Crippen molar-refractivity contribution in [3.05, 3.63) is 11.8 Å². The smallest absolute Gasteiger partial charge is 0.0343 e. The van der Waals surface area contributed by atoms with E-state index in [0.29, 0.717) is 0 Å². The summed E-state index contributed by atoms with van der Waals surface area (Å²) in [5.41, 5.74) is 3.06. The van der Waals surface area contributed by atoms with Gasteiger partial charge in [-0.15, -0.1) is 0 Å². The number of hydrogen-bond acceptors (Lipinski definition) is 1. The van der Waals surface area contributed by atoms with Gasteiger partial charge in [-0.2, -0.15) is 0 Å². The summed E-state index contributed by atoms with van der Waals surface area (Å²) < 4.78 is 0. The van der Waals surface area contributed by atoms with Crippen LogP contribution in [0.2, 0.25) is 0 Å². The zero-order valence-electron chi connectivity index (χ0n) is 3.18. The number of nitrogens with zero attached hydrogens (tertiary/aromatic N) is 1. The van der Waals surface area contributed by atoms with E-state index in [1.807, 2.05) is 6.20 Å². The molecule has 4 aliphatic rings. The zero-order chi connectivity index (χ0) is 3.72. The van der Waals surface area contributed by atoms with Crippen LogP contribution >= 0.6 is 0 Å². The van der Waals surface area contributed by atoms with Crippen LogP contribution < -0.4 is 0 Å². The molecule has 2 bridgehead atoms. The van der Waals surface area contributed by atoms with Crippen molar-refractivity contribution in [3.63, 3.8) is 0 Å². The lowest BCUT2D eigenvalue weighted by Crippen LogP contribution is -1.74. The largest absolute Gasteiger partial charge is 0.264 e. The Morgan fingerprint density at radius 2 is 2.33 bits per heavy atom. The van der Waals surface area contributed by atoms with Gasteiger partial charge in [0.05, 0.1) is 0 Å². The summed E-state index contributed by atoms with van der Waals surface area (Å²) in [5.74, 6) is 1.81. The van der Waals surface area contributed by atoms with Gasteiger partial charge >= 0.3 is 0 Å². The molecule has 0 N–H and O–H groups in total. The minimum atomic E-state index is 0.907. The number of hydrogen-bond donors (Lipinski definition) is 0. The van der Waals surface area contributed by atoms with Gasteiger partial charge < -0.3 is 0 Å². The van der Waals surface area contributed by atoms with Gasteiger partial charge in [0.15, 0.2) is 0 Å². The van der Waals surface area contributed by atoms with Crippen LogP contribution in [-0.4, -0.2) is 5.71 Å². The Bertz CT molecular complexity index is 154. The Hall–Kier alpha value is -0.590. The average Bonchev–Trinajstić information content (AvgIpc) is 2.30. The van der Waals surface area contributed by atoms with Crippen molar-refractivity contribution in [1.82, 2.24) is 0 Å². The molecule has 0 aromatic heterocycles. The monoisotopic (exact) mass is 77.0 g/mol. The van der Waals surface area contributed by atoms with Gasteiger partial charge in [-0.1, -0.05) is 0 Å². The molecule has 28 valence electrons. The van der Waals surface area contributed by atoms with Crippen molar-refractivity contribution >= 4 is 5.71 Å². The van der Waals surface area contributed by atoms with E-state index in [0.717, 1.165) is 11.8 Å². The number of fused-ring (bicyclic) bond motifs is 1. The van der Waals surface area contributed by atoms with E-state index in [9.17, 15) is 0 Å². The first-order valence-corrected chi connectivity index (χ1v) is 2.26. The second-order valence-electron chi connectivity index (χ2n) is 2.14. The Morgan fingerprint density at radius 1 is 1.50 bits per heavy atom. The minimum absolute atomic E-state index is 0.907. The SMILES string of the molecule is C1=C2C3C(=N1)C23. The molecule has 2 heterocycles. The molecule has 6 heavy (non-hydrogen) atoms. The maximum absolute atomic E-state index is 4.10. The fourth-order valence-electron chi connectivity index (χ4n) is 1.25. The van der Waals surface area contributed by atoms with Crippen LogP contribution in [0.1, 0.15) is 0 Å². The highest BCUT2D eigenvalue weighted by Crippen LogP contribution is 2.68. The van der Waals surface area contributed by atoms with Crippen molar-refractivity contribution in [1.29, 1.82) is 0 Å². The van der Waals surface area contributed by atoms with Gasteiger partial charge in [-0.25, -0.2) is 0 Å². The summed E-state index contributed by atoms with van der Waals surface area (Å²) in [5, 5.41) is 0. The average molecular weight is 77.1 g/mol. The Balaban J connectivity index is 2.67. The van der Waals surface area contributed by atoms with E-state index >= 15 is 0 Å². The lowest BCUT2D eigenvalue weighted by atomic mass is 10.3. The first kappa shape index (κ1) is 1.92. The van der Waals surface area contributed by atoms with Crippen LogP contribution in [0.4, 0.5) is 0 Å². The van der Waals surface area contributed by atoms with Crippen molar-refractivity contribution < 1.29 is 0 Å². The lowest BCUT2D eigenvalue weighted by molar-refractivity contribution is 1.43. The van der Waals surface area contributed by atoms with Crippen LogP contribution in [0.25, 0.3) is 0 Å². The summed E-state index contributed by atoms with van der Waals surface area (Å²) in [7, 11) is 0. The number of aliphatic imine (C=N–C) groups is 1. The molecule has 2 atom stereocenters. The quantitative estimate of drug-likeness (QED) is 0.401. The predicted molar refractivity (Wildman–Crippen MR) is 22.5 cm³/mol. The minimum Gasteiger partial charge on any atom is -0.264 e. The second-order valence-corrected chi connectivity index (χ2v) is 2.14. The molecule has 1 heteroatoms. The zero-order valence-corrected chi connectivity index (χ0v) is 3.18. The molecular formula is C5H3N. The molecule has 0 spiro atoms. The van der Waals surface area contributed by atoms with Crippen LogP contribution in [0.15, 0.2) is 16.8 Å². The molecule has 2 aliphatic carbocycles. The van der Waals surface area contributed by atoms with Crippen molar-refractivity contribution in [2.45, 2.75) is 0 Å². The van der Waals surface area contributed by atoms with E-state index in [2.05, 4.69) is 4.99 Å². The molecule has 0 saturated heterocycles. The van der Waals surface area contributed by atoms with Crippen LogP contribution in [0.3, 0.4) is 0 Å². The summed E-state index contributed by atoms with van der Waals surface area (Å²) in [6, 6.07) is 0. The number of allylic oxidation sites excluding steroid dienone is 1. The standard InChI is InChI=1S/C5H3N/c1-2-3-4(2)5(3)6-1/h1,3-4H. The van der Waals surface area contributed by atoms with Crippen molar-refractivity contribution in [2.24, 2.45) is 16.8 Å². The molecule has 0 amide bonds. The van der Waals surface area contributed by atoms with Gasteiger partial charge in [-0.05, 0) is 5.57 Å². The highest BCUT2D eigenvalue weighted by molar-refractivity contribution is 6.21. The first-order chi connectivity index (χ1) is 2.98. The molecule has 0 radical (unpaired) electrons. The van der Waals surface area contributed by atoms with E-state index < -0.39 is 0 Å². The Morgan fingerprint density at radius 3 is 2.50 bits per heavy atom. The molecule has 0 aromatic rings. The maximum atomic E-state index is 4.10. The summed E-state index contributed by atoms with van der Waals surface area (Å²) in [6.45, 7) is 0. The van der Waals surface area contributed by atoms with Crippen LogP contribution in [0, 0.1) is 11.8 Å². The van der Waals surface area contributed by atoms with Gasteiger partial charge in [0, 0.05) is 23.7 Å². The summed E-state index contributed by atoms with van der Waals surface area (Å²) in [4.78, 5) is 4.10. The van der Waals surface area contributed by atoms with Crippen molar-refractivity contribution in [3.8, 4) is 0 Å². The maximum Gasteiger partial charge on any atom is 0.0343 e. The first-order valence-electron chi connectivity index (χ1n) is 2.26. The Labute approximate surface area is 35.4 Å². The summed E-state index contributed by atoms with van der Waals surface area (Å²) in [6.07, 6.45) is 2.02. The third-order valence-electron chi connectivity index (χ3n) is 1.83. The molecule has 4 rings (SSSR count). The van der Waals surface area contributed by atoms with Crippen LogP contribution in [-0.2, 0) is 0 Å². The second kappa shape index (κ2) is 0.285. The predicted octanol–water partition coefficient (Wildman–Crippen LogP) is 0.585. The van der Waals surface area contributed by atoms with E-state index in [1.54, 1.807) is 5.57 Å². The Kier molecular flexibility index (Phi) is 0.0911. The fraction of sp³-hybridized carbons (Fsp3) is 0.400. The normalized spacial score (nSPS) is 53.3. The summed E-state index contributed by atoms with van der Waals surface area (Å²) >= 11 is 0. The van der Waals surface area contributed by atoms with Gasteiger partial charge in [-0.3, -0.25) is 4.99 Å². The molecule has 2 fully saturated rings. The fourth-order valence-corrected chi connectivity index (χ4v) is 1.25. The van der Waals surface area contributed by atoms with Gasteiger partial charge in [0.2, 0.25) is 0 Å². The van der Waals surface area contributed by atoms with E-state index in [-0.39, 0.29) is 0 Å². The third-order valence-corrected chi connectivity index (χ3v) is 1.83. The molecule has 2 aliphatic heterocycles. The highest BCUT2D eigenvalue weighted by Gasteiger charge is 2.69. The molecule has 2 saturated carbocycles. The van der Waals surface area contributed by atoms with E-state index in [4.69, 9.17) is 0 Å². The van der Waals surface area contributed by atoms with E-state index in [1.165, 1.54) is 5.71 Å². The van der Waals surface area contributed by atoms with Crippen molar-refractivity contribution in [2.75, 3.05) is 0 Å². The molecule has 0 aromatic carbocycles. The molecular weight excluding hydrogens is 74.1 g/mol. The highest BCUT2D eigenvalue weighted by atomic mass is 14.9. The van der Waals surface area contributed by atoms with Gasteiger partial charge in [0.1, 0.15) is 0 Å². The molecule has 2 unspecified atom stereocenters. The topological polar surface area (TPSA) is 12.4 Å². The van der Waals surface area contributed by atoms with Crippen LogP contribution in [0.5, 0.6) is 0 Å².